The highest BCUT2D eigenvalue weighted by Crippen LogP contribution is 2.43. The number of para-hydroxylation sites is 2. The highest BCUT2D eigenvalue weighted by molar-refractivity contribution is 5.78. The molecule has 0 saturated heterocycles. The van der Waals surface area contributed by atoms with Crippen LogP contribution in [0.25, 0.3) is 11.0 Å². The van der Waals surface area contributed by atoms with Gasteiger partial charge in [-0.15, -0.1) is 0 Å². The van der Waals surface area contributed by atoms with Crippen LogP contribution in [0.15, 0.2) is 115 Å². The monoisotopic (exact) mass is 374 g/mol. The quantitative estimate of drug-likeness (QED) is 0.343. The van der Waals surface area contributed by atoms with Crippen molar-refractivity contribution in [2.24, 2.45) is 0 Å². The average molecular weight is 374 g/mol. The molecule has 0 atom stereocenters. The highest BCUT2D eigenvalue weighted by atomic mass is 15.1. The van der Waals surface area contributed by atoms with Crippen LogP contribution in [0.2, 0.25) is 0 Å². The van der Waals surface area contributed by atoms with Gasteiger partial charge in [-0.05, 0) is 35.7 Å². The van der Waals surface area contributed by atoms with Crippen molar-refractivity contribution in [3.05, 3.63) is 138 Å². The molecule has 0 saturated carbocycles. The fourth-order valence-electron chi connectivity index (χ4n) is 4.50. The van der Waals surface area contributed by atoms with E-state index in [9.17, 15) is 0 Å². The summed E-state index contributed by atoms with van der Waals surface area (Å²) in [5.74, 6) is 0.989. The van der Waals surface area contributed by atoms with Crippen LogP contribution < -0.4 is 0 Å². The average Bonchev–Trinajstić information content (AvgIpc) is 3.13. The molecule has 0 aliphatic heterocycles. The molecule has 4 aromatic carbocycles. The van der Waals surface area contributed by atoms with E-state index < -0.39 is 5.54 Å². The molecule has 29 heavy (non-hydrogen) atoms. The van der Waals surface area contributed by atoms with Crippen molar-refractivity contribution in [3.8, 4) is 0 Å². The third-order valence-electron chi connectivity index (χ3n) is 5.64. The number of aryl methyl sites for hydroxylation is 1. The summed E-state index contributed by atoms with van der Waals surface area (Å²) in [4.78, 5) is 4.92. The van der Waals surface area contributed by atoms with Crippen LogP contribution in [-0.4, -0.2) is 9.55 Å². The number of benzene rings is 4. The van der Waals surface area contributed by atoms with Gasteiger partial charge < -0.3 is 4.57 Å². The minimum atomic E-state index is -0.524. The standard InChI is InChI=1S/C27H22N2/c1-21-28-25-19-11-12-20-26(25)29(21)27(22-13-5-2-6-14-22,23-15-7-3-8-16-23)24-17-9-4-10-18-24/h2-20H,1H3. The fraction of sp³-hybridized carbons (Fsp3) is 0.0741. The van der Waals surface area contributed by atoms with Gasteiger partial charge in [0, 0.05) is 0 Å². The molecule has 0 fully saturated rings. The zero-order valence-corrected chi connectivity index (χ0v) is 16.4. The first-order valence-corrected chi connectivity index (χ1v) is 9.93. The Labute approximate surface area is 171 Å². The van der Waals surface area contributed by atoms with Crippen LogP contribution in [-0.2, 0) is 5.54 Å². The van der Waals surface area contributed by atoms with Crippen molar-refractivity contribution in [2.45, 2.75) is 12.5 Å². The maximum Gasteiger partial charge on any atom is 0.122 e. The highest BCUT2D eigenvalue weighted by Gasteiger charge is 2.40. The van der Waals surface area contributed by atoms with Gasteiger partial charge in [-0.1, -0.05) is 103 Å². The lowest BCUT2D eigenvalue weighted by Gasteiger charge is -2.38. The van der Waals surface area contributed by atoms with Crippen molar-refractivity contribution in [3.63, 3.8) is 0 Å². The van der Waals surface area contributed by atoms with E-state index in [4.69, 9.17) is 4.98 Å². The van der Waals surface area contributed by atoms with Crippen LogP contribution in [0.1, 0.15) is 22.5 Å². The molecule has 2 nitrogen and oxygen atoms in total. The van der Waals surface area contributed by atoms with E-state index in [-0.39, 0.29) is 0 Å². The Morgan fingerprint density at radius 1 is 0.552 bits per heavy atom. The van der Waals surface area contributed by atoms with Crippen molar-refractivity contribution < 1.29 is 0 Å². The number of hydrogen-bond acceptors (Lipinski definition) is 1. The molecule has 5 rings (SSSR count). The van der Waals surface area contributed by atoms with Gasteiger partial charge in [0.15, 0.2) is 0 Å². The van der Waals surface area contributed by atoms with E-state index in [1.54, 1.807) is 0 Å². The van der Waals surface area contributed by atoms with Gasteiger partial charge in [0.2, 0.25) is 0 Å². The lowest BCUT2D eigenvalue weighted by Crippen LogP contribution is -2.38. The predicted molar refractivity (Wildman–Crippen MR) is 119 cm³/mol. The Morgan fingerprint density at radius 3 is 1.45 bits per heavy atom. The summed E-state index contributed by atoms with van der Waals surface area (Å²) in [5, 5.41) is 0. The first kappa shape index (κ1) is 17.4. The number of aromatic nitrogens is 2. The Bertz CT molecular complexity index is 1140. The molecule has 2 heteroatoms. The lowest BCUT2D eigenvalue weighted by molar-refractivity contribution is 0.516. The molecule has 0 amide bonds. The van der Waals surface area contributed by atoms with Gasteiger partial charge in [0.05, 0.1) is 11.0 Å². The number of rotatable bonds is 4. The molecular formula is C27H22N2. The minimum Gasteiger partial charge on any atom is -0.309 e. The van der Waals surface area contributed by atoms with Crippen molar-refractivity contribution >= 4 is 11.0 Å². The van der Waals surface area contributed by atoms with Crippen LogP contribution >= 0.6 is 0 Å². The maximum atomic E-state index is 4.92. The van der Waals surface area contributed by atoms with E-state index in [0.29, 0.717) is 0 Å². The summed E-state index contributed by atoms with van der Waals surface area (Å²) < 4.78 is 2.39. The first-order valence-electron chi connectivity index (χ1n) is 9.93. The number of nitrogens with zero attached hydrogens (tertiary/aromatic N) is 2. The minimum absolute atomic E-state index is 0.524. The molecule has 0 bridgehead atoms. The predicted octanol–water partition coefficient (Wildman–Crippen LogP) is 6.18. The number of imidazole rings is 1. The number of hydrogen-bond donors (Lipinski definition) is 0. The lowest BCUT2D eigenvalue weighted by atomic mass is 9.76. The van der Waals surface area contributed by atoms with Gasteiger partial charge in [-0.2, -0.15) is 0 Å². The summed E-state index contributed by atoms with van der Waals surface area (Å²) >= 11 is 0. The third-order valence-corrected chi connectivity index (χ3v) is 5.64. The van der Waals surface area contributed by atoms with E-state index in [2.05, 4.69) is 121 Å². The summed E-state index contributed by atoms with van der Waals surface area (Å²) in [6, 6.07) is 40.6. The van der Waals surface area contributed by atoms with Crippen LogP contribution in [0.5, 0.6) is 0 Å². The normalized spacial score (nSPS) is 11.6. The second-order valence-corrected chi connectivity index (χ2v) is 7.29. The van der Waals surface area contributed by atoms with Gasteiger partial charge in [-0.25, -0.2) is 4.98 Å². The molecule has 0 unspecified atom stereocenters. The Morgan fingerprint density at radius 2 is 0.966 bits per heavy atom. The zero-order chi connectivity index (χ0) is 19.7. The first-order chi connectivity index (χ1) is 14.3. The van der Waals surface area contributed by atoms with Crippen molar-refractivity contribution in [1.82, 2.24) is 9.55 Å². The molecule has 0 N–H and O–H groups in total. The second kappa shape index (κ2) is 7.06. The Hall–Kier alpha value is -3.65. The second-order valence-electron chi connectivity index (χ2n) is 7.29. The van der Waals surface area contributed by atoms with E-state index in [0.717, 1.165) is 16.9 Å². The largest absolute Gasteiger partial charge is 0.309 e. The molecule has 0 spiro atoms. The summed E-state index contributed by atoms with van der Waals surface area (Å²) in [5.41, 5.74) is 5.25. The SMILES string of the molecule is Cc1nc2ccccc2n1C(c1ccccc1)(c1ccccc1)c1ccccc1. The molecule has 0 aliphatic rings. The molecule has 5 aromatic rings. The molecule has 0 aliphatic carbocycles. The van der Waals surface area contributed by atoms with Crippen molar-refractivity contribution in [2.75, 3.05) is 0 Å². The van der Waals surface area contributed by atoms with Crippen molar-refractivity contribution in [1.29, 1.82) is 0 Å². The molecule has 0 radical (unpaired) electrons. The molecule has 140 valence electrons. The van der Waals surface area contributed by atoms with Gasteiger partial charge in [-0.3, -0.25) is 0 Å². The fourth-order valence-corrected chi connectivity index (χ4v) is 4.50. The van der Waals surface area contributed by atoms with E-state index in [1.807, 2.05) is 6.07 Å². The van der Waals surface area contributed by atoms with Gasteiger partial charge >= 0.3 is 0 Å². The van der Waals surface area contributed by atoms with E-state index >= 15 is 0 Å². The van der Waals surface area contributed by atoms with Crippen LogP contribution in [0.4, 0.5) is 0 Å². The summed E-state index contributed by atoms with van der Waals surface area (Å²) in [6.45, 7) is 2.10. The summed E-state index contributed by atoms with van der Waals surface area (Å²) in [6.07, 6.45) is 0. The Kier molecular flexibility index (Phi) is 4.25. The van der Waals surface area contributed by atoms with Gasteiger partial charge in [0.25, 0.3) is 0 Å². The summed E-state index contributed by atoms with van der Waals surface area (Å²) in [7, 11) is 0. The van der Waals surface area contributed by atoms with Gasteiger partial charge in [0.1, 0.15) is 11.4 Å². The topological polar surface area (TPSA) is 17.8 Å². The number of fused-ring (bicyclic) bond motifs is 1. The van der Waals surface area contributed by atoms with E-state index in [1.165, 1.54) is 16.7 Å². The third kappa shape index (κ3) is 2.68. The maximum absolute atomic E-state index is 4.92. The zero-order valence-electron chi connectivity index (χ0n) is 16.4. The Balaban J connectivity index is 2.00. The molecule has 1 heterocycles. The smallest absolute Gasteiger partial charge is 0.122 e. The van der Waals surface area contributed by atoms with Crippen LogP contribution in [0.3, 0.4) is 0 Å². The molecule has 1 aromatic heterocycles. The molecular weight excluding hydrogens is 352 g/mol. The van der Waals surface area contributed by atoms with Crippen LogP contribution in [0, 0.1) is 6.92 Å².